The fourth-order valence-corrected chi connectivity index (χ4v) is 6.18. The van der Waals surface area contributed by atoms with Crippen molar-refractivity contribution in [2.75, 3.05) is 20.1 Å². The van der Waals surface area contributed by atoms with E-state index in [1.165, 1.54) is 5.56 Å². The van der Waals surface area contributed by atoms with Gasteiger partial charge in [-0.25, -0.2) is 9.67 Å². The Bertz CT molecular complexity index is 1310. The Kier molecular flexibility index (Phi) is 6.19. The molecule has 1 amide bonds. The summed E-state index contributed by atoms with van der Waals surface area (Å²) in [7, 11) is 1.92. The SMILES string of the molecule is CN(Cc1cscn1)C(=O)C1CC12CCN(Cc1cn(-c3ccccc3)nc1-c1ccccc1)CC2. The van der Waals surface area contributed by atoms with Crippen LogP contribution in [0.1, 0.15) is 30.5 Å². The Hall–Kier alpha value is -3.29. The van der Waals surface area contributed by atoms with Crippen LogP contribution in [0, 0.1) is 11.3 Å². The van der Waals surface area contributed by atoms with Gasteiger partial charge in [-0.2, -0.15) is 5.10 Å². The normalized spacial score (nSPS) is 18.9. The van der Waals surface area contributed by atoms with E-state index in [0.717, 1.165) is 61.5 Å². The first-order valence-corrected chi connectivity index (χ1v) is 13.6. The molecule has 1 saturated carbocycles. The molecular formula is C29H31N5OS. The first kappa shape index (κ1) is 23.1. The molecule has 1 atom stereocenters. The van der Waals surface area contributed by atoms with Crippen LogP contribution in [-0.4, -0.2) is 50.6 Å². The average molecular weight is 498 g/mol. The number of hydrogen-bond acceptors (Lipinski definition) is 5. The number of benzene rings is 2. The van der Waals surface area contributed by atoms with E-state index in [1.807, 2.05) is 51.8 Å². The molecule has 1 aliphatic carbocycles. The zero-order valence-corrected chi connectivity index (χ0v) is 21.4. The zero-order valence-electron chi connectivity index (χ0n) is 20.6. The lowest BCUT2D eigenvalue weighted by Crippen LogP contribution is -2.37. The van der Waals surface area contributed by atoms with Crippen LogP contribution in [-0.2, 0) is 17.9 Å². The number of para-hydroxylation sites is 1. The van der Waals surface area contributed by atoms with E-state index >= 15 is 0 Å². The summed E-state index contributed by atoms with van der Waals surface area (Å²) < 4.78 is 2.00. The van der Waals surface area contributed by atoms with E-state index in [0.29, 0.717) is 6.54 Å². The lowest BCUT2D eigenvalue weighted by atomic mass is 9.90. The number of likely N-dealkylation sites (tertiary alicyclic amines) is 1. The Morgan fingerprint density at radius 2 is 1.81 bits per heavy atom. The highest BCUT2D eigenvalue weighted by Gasteiger charge is 2.59. The maximum Gasteiger partial charge on any atom is 0.226 e. The van der Waals surface area contributed by atoms with Gasteiger partial charge in [0.05, 0.1) is 29.1 Å². The number of piperidine rings is 1. The second-order valence-electron chi connectivity index (χ2n) is 10.2. The highest BCUT2D eigenvalue weighted by Crippen LogP contribution is 2.60. The topological polar surface area (TPSA) is 54.3 Å². The van der Waals surface area contributed by atoms with Gasteiger partial charge >= 0.3 is 0 Å². The molecule has 6 rings (SSSR count). The molecule has 1 saturated heterocycles. The van der Waals surface area contributed by atoms with Crippen LogP contribution in [0.2, 0.25) is 0 Å². The van der Waals surface area contributed by atoms with Gasteiger partial charge in [-0.05, 0) is 49.9 Å². The molecule has 2 fully saturated rings. The molecule has 184 valence electrons. The van der Waals surface area contributed by atoms with Crippen molar-refractivity contribution in [2.45, 2.75) is 32.4 Å². The van der Waals surface area contributed by atoms with Crippen molar-refractivity contribution < 1.29 is 4.79 Å². The van der Waals surface area contributed by atoms with Gasteiger partial charge in [0.2, 0.25) is 5.91 Å². The molecule has 36 heavy (non-hydrogen) atoms. The number of rotatable bonds is 7. The second kappa shape index (κ2) is 9.64. The first-order chi connectivity index (χ1) is 17.6. The average Bonchev–Trinajstić information content (AvgIpc) is 3.23. The second-order valence-corrected chi connectivity index (χ2v) is 10.9. The molecule has 2 aromatic heterocycles. The summed E-state index contributed by atoms with van der Waals surface area (Å²) in [6, 6.07) is 20.8. The van der Waals surface area contributed by atoms with Crippen LogP contribution in [0.5, 0.6) is 0 Å². The Morgan fingerprint density at radius 1 is 1.08 bits per heavy atom. The quantitative estimate of drug-likeness (QED) is 0.350. The fourth-order valence-electron chi connectivity index (χ4n) is 5.63. The molecule has 1 aliphatic heterocycles. The summed E-state index contributed by atoms with van der Waals surface area (Å²) in [5.74, 6) is 0.455. The van der Waals surface area contributed by atoms with E-state index in [9.17, 15) is 4.79 Å². The Labute approximate surface area is 216 Å². The Balaban J connectivity index is 1.13. The molecule has 1 spiro atoms. The lowest BCUT2D eigenvalue weighted by molar-refractivity contribution is -0.133. The third kappa shape index (κ3) is 4.61. The van der Waals surface area contributed by atoms with Crippen LogP contribution >= 0.6 is 11.3 Å². The molecule has 4 aromatic rings. The van der Waals surface area contributed by atoms with Gasteiger partial charge in [0.1, 0.15) is 0 Å². The molecule has 6 nitrogen and oxygen atoms in total. The lowest BCUT2D eigenvalue weighted by Gasteiger charge is -2.33. The van der Waals surface area contributed by atoms with Crippen LogP contribution in [0.3, 0.4) is 0 Å². The number of carbonyl (C=O) groups excluding carboxylic acids is 1. The first-order valence-electron chi connectivity index (χ1n) is 12.7. The minimum absolute atomic E-state index is 0.170. The molecule has 0 bridgehead atoms. The third-order valence-corrected chi connectivity index (χ3v) is 8.49. The summed E-state index contributed by atoms with van der Waals surface area (Å²) in [4.78, 5) is 21.8. The summed E-state index contributed by atoms with van der Waals surface area (Å²) in [6.45, 7) is 3.51. The van der Waals surface area contributed by atoms with Crippen LogP contribution in [0.4, 0.5) is 0 Å². The minimum Gasteiger partial charge on any atom is -0.340 e. The smallest absolute Gasteiger partial charge is 0.226 e. The molecule has 3 heterocycles. The predicted molar refractivity (Wildman–Crippen MR) is 143 cm³/mol. The van der Waals surface area contributed by atoms with Crippen molar-refractivity contribution in [3.63, 3.8) is 0 Å². The highest BCUT2D eigenvalue weighted by molar-refractivity contribution is 7.07. The number of amides is 1. The van der Waals surface area contributed by atoms with Gasteiger partial charge in [-0.1, -0.05) is 48.5 Å². The summed E-state index contributed by atoms with van der Waals surface area (Å²) >= 11 is 1.58. The monoisotopic (exact) mass is 497 g/mol. The van der Waals surface area contributed by atoms with Gasteiger partial charge < -0.3 is 4.90 Å². The van der Waals surface area contributed by atoms with Gasteiger partial charge in [0.25, 0.3) is 0 Å². The Morgan fingerprint density at radius 3 is 2.50 bits per heavy atom. The van der Waals surface area contributed by atoms with E-state index in [-0.39, 0.29) is 17.2 Å². The molecule has 1 unspecified atom stereocenters. The van der Waals surface area contributed by atoms with Crippen LogP contribution in [0.15, 0.2) is 77.8 Å². The standard InChI is InChI=1S/C29H31N5OS/c1-32(19-24-20-36-21-30-24)28(35)26-16-29(26)12-14-33(15-13-29)17-23-18-34(25-10-6-3-7-11-25)31-27(23)22-8-4-2-5-9-22/h2-11,18,20-21,26H,12-17,19H2,1H3. The van der Waals surface area contributed by atoms with Crippen molar-refractivity contribution in [1.29, 1.82) is 0 Å². The fraction of sp³-hybridized carbons (Fsp3) is 0.345. The number of nitrogens with zero attached hydrogens (tertiary/aromatic N) is 5. The third-order valence-electron chi connectivity index (χ3n) is 7.85. The zero-order chi connectivity index (χ0) is 24.5. The highest BCUT2D eigenvalue weighted by atomic mass is 32.1. The molecular weight excluding hydrogens is 466 g/mol. The van der Waals surface area contributed by atoms with E-state index < -0.39 is 0 Å². The van der Waals surface area contributed by atoms with Crippen molar-refractivity contribution in [2.24, 2.45) is 11.3 Å². The van der Waals surface area contributed by atoms with E-state index in [2.05, 4.69) is 52.5 Å². The van der Waals surface area contributed by atoms with Crippen molar-refractivity contribution in [3.8, 4) is 16.9 Å². The molecule has 0 radical (unpaired) electrons. The molecule has 7 heteroatoms. The molecule has 0 N–H and O–H groups in total. The largest absolute Gasteiger partial charge is 0.340 e. The van der Waals surface area contributed by atoms with Gasteiger partial charge in [0, 0.05) is 42.2 Å². The number of aromatic nitrogens is 3. The number of thiazole rings is 1. The summed E-state index contributed by atoms with van der Waals surface area (Å²) in [5.41, 5.74) is 7.50. The van der Waals surface area contributed by atoms with Gasteiger partial charge in [-0.3, -0.25) is 9.69 Å². The molecule has 2 aliphatic rings. The van der Waals surface area contributed by atoms with E-state index in [4.69, 9.17) is 5.10 Å². The maximum atomic E-state index is 13.1. The summed E-state index contributed by atoms with van der Waals surface area (Å²) in [6.07, 6.45) is 5.38. The number of carbonyl (C=O) groups is 1. The minimum atomic E-state index is 0.170. The van der Waals surface area contributed by atoms with Crippen molar-refractivity contribution in [1.82, 2.24) is 24.6 Å². The van der Waals surface area contributed by atoms with Crippen LogP contribution < -0.4 is 0 Å². The number of hydrogen-bond donors (Lipinski definition) is 0. The summed E-state index contributed by atoms with van der Waals surface area (Å²) in [5, 5.41) is 7.00. The van der Waals surface area contributed by atoms with Gasteiger partial charge in [0.15, 0.2) is 0 Å². The van der Waals surface area contributed by atoms with Crippen molar-refractivity contribution in [3.05, 3.63) is 89.0 Å². The van der Waals surface area contributed by atoms with Crippen LogP contribution in [0.25, 0.3) is 16.9 Å². The van der Waals surface area contributed by atoms with Crippen molar-refractivity contribution >= 4 is 17.2 Å². The molecule has 2 aromatic carbocycles. The maximum absolute atomic E-state index is 13.1. The predicted octanol–water partition coefficient (Wildman–Crippen LogP) is 5.26. The van der Waals surface area contributed by atoms with Gasteiger partial charge in [-0.15, -0.1) is 11.3 Å². The van der Waals surface area contributed by atoms with E-state index in [1.54, 1.807) is 11.3 Å².